The summed E-state index contributed by atoms with van der Waals surface area (Å²) in [6.07, 6.45) is 1.73. The van der Waals surface area contributed by atoms with Crippen molar-refractivity contribution in [3.05, 3.63) is 92.3 Å². The molecule has 4 rings (SSSR count). The van der Waals surface area contributed by atoms with Gasteiger partial charge in [-0.1, -0.05) is 56.3 Å². The first-order valence-electron chi connectivity index (χ1n) is 11.2. The number of aromatic nitrogens is 3. The largest absolute Gasteiger partial charge is 0.376 e. The number of rotatable bonds is 7. The Morgan fingerprint density at radius 3 is 2.48 bits per heavy atom. The van der Waals surface area contributed by atoms with Crippen LogP contribution < -0.4 is 16.6 Å². The van der Waals surface area contributed by atoms with Crippen molar-refractivity contribution in [3.8, 4) is 5.69 Å². The molecule has 1 fully saturated rings. The third kappa shape index (κ3) is 5.12. The molecule has 1 saturated heterocycles. The Bertz CT molecular complexity index is 1220. The summed E-state index contributed by atoms with van der Waals surface area (Å²) in [5, 5.41) is 6.92. The summed E-state index contributed by atoms with van der Waals surface area (Å²) in [6.45, 7) is 5.16. The average Bonchev–Trinajstić information content (AvgIpc) is 3.35. The normalized spacial score (nSPS) is 15.7. The first-order chi connectivity index (χ1) is 15.9. The topological polar surface area (TPSA) is 95.2 Å². The predicted molar refractivity (Wildman–Crippen MR) is 125 cm³/mol. The summed E-state index contributed by atoms with van der Waals surface area (Å²) < 4.78 is 7.72. The van der Waals surface area contributed by atoms with Gasteiger partial charge in [-0.05, 0) is 42.0 Å². The van der Waals surface area contributed by atoms with Crippen molar-refractivity contribution in [1.82, 2.24) is 19.7 Å². The van der Waals surface area contributed by atoms with E-state index in [0.29, 0.717) is 24.8 Å². The minimum absolute atomic E-state index is 0.0388. The lowest BCUT2D eigenvalue weighted by Crippen LogP contribution is -2.46. The highest BCUT2D eigenvalue weighted by Crippen LogP contribution is 2.16. The van der Waals surface area contributed by atoms with Crippen LogP contribution in [0.25, 0.3) is 5.69 Å². The van der Waals surface area contributed by atoms with Gasteiger partial charge in [0.25, 0.3) is 11.5 Å². The molecule has 0 unspecified atom stereocenters. The molecule has 0 spiro atoms. The third-order valence-corrected chi connectivity index (χ3v) is 5.78. The number of benzene rings is 2. The van der Waals surface area contributed by atoms with Gasteiger partial charge in [-0.25, -0.2) is 4.79 Å². The first kappa shape index (κ1) is 22.7. The summed E-state index contributed by atoms with van der Waals surface area (Å²) in [6, 6.07) is 16.5. The summed E-state index contributed by atoms with van der Waals surface area (Å²) in [7, 11) is 0. The molecule has 33 heavy (non-hydrogen) atoms. The SMILES string of the molecule is CC(C)c1ccc(-n2nc(C(=O)NC[C@H]3CCCO3)c(=O)n(Cc3ccccc3)c2=O)cc1. The van der Waals surface area contributed by atoms with Crippen LogP contribution in [-0.4, -0.2) is 39.5 Å². The standard InChI is InChI=1S/C25H28N4O4/c1-17(2)19-10-12-20(13-11-19)29-25(32)28(16-18-7-4-3-5-8-18)24(31)22(27-29)23(30)26-15-21-9-6-14-33-21/h3-5,7-8,10-13,17,21H,6,9,14-16H2,1-2H3,(H,26,30)/t21-/m1/s1. The second-order valence-electron chi connectivity index (χ2n) is 8.51. The summed E-state index contributed by atoms with van der Waals surface area (Å²) in [5.41, 5.74) is 0.727. The zero-order chi connectivity index (χ0) is 23.4. The van der Waals surface area contributed by atoms with Crippen molar-refractivity contribution in [2.75, 3.05) is 13.2 Å². The number of hydrogen-bond acceptors (Lipinski definition) is 5. The molecule has 1 amide bonds. The summed E-state index contributed by atoms with van der Waals surface area (Å²) in [4.78, 5) is 39.3. The quantitative estimate of drug-likeness (QED) is 0.599. The van der Waals surface area contributed by atoms with E-state index in [2.05, 4.69) is 24.3 Å². The second kappa shape index (κ2) is 9.95. The lowest BCUT2D eigenvalue weighted by Gasteiger charge is -2.14. The molecule has 0 saturated carbocycles. The molecule has 8 nitrogen and oxygen atoms in total. The molecule has 1 aliphatic rings. The van der Waals surface area contributed by atoms with E-state index in [4.69, 9.17) is 4.74 Å². The highest BCUT2D eigenvalue weighted by Gasteiger charge is 2.22. The first-order valence-corrected chi connectivity index (χ1v) is 11.2. The van der Waals surface area contributed by atoms with Gasteiger partial charge >= 0.3 is 5.69 Å². The number of amides is 1. The Morgan fingerprint density at radius 2 is 1.85 bits per heavy atom. The Morgan fingerprint density at radius 1 is 1.12 bits per heavy atom. The smallest absolute Gasteiger partial charge is 0.352 e. The van der Waals surface area contributed by atoms with Gasteiger partial charge in [-0.15, -0.1) is 0 Å². The fourth-order valence-electron chi connectivity index (χ4n) is 3.83. The Hall–Kier alpha value is -3.52. The third-order valence-electron chi connectivity index (χ3n) is 5.78. The fourth-order valence-corrected chi connectivity index (χ4v) is 3.83. The highest BCUT2D eigenvalue weighted by molar-refractivity contribution is 5.91. The summed E-state index contributed by atoms with van der Waals surface area (Å²) >= 11 is 0. The Balaban J connectivity index is 1.75. The number of nitrogens with zero attached hydrogens (tertiary/aromatic N) is 3. The van der Waals surface area contributed by atoms with Gasteiger partial charge in [0, 0.05) is 13.2 Å². The maximum absolute atomic E-state index is 13.3. The predicted octanol–water partition coefficient (Wildman–Crippen LogP) is 2.47. The second-order valence-corrected chi connectivity index (χ2v) is 8.51. The number of nitrogens with one attached hydrogen (secondary N) is 1. The van der Waals surface area contributed by atoms with Crippen LogP contribution in [0, 0.1) is 0 Å². The van der Waals surface area contributed by atoms with E-state index in [-0.39, 0.29) is 18.3 Å². The number of hydrogen-bond donors (Lipinski definition) is 1. The van der Waals surface area contributed by atoms with Crippen molar-refractivity contribution in [2.45, 2.75) is 45.3 Å². The molecule has 1 aromatic heterocycles. The van der Waals surface area contributed by atoms with Gasteiger partial charge in [-0.2, -0.15) is 9.78 Å². The van der Waals surface area contributed by atoms with Gasteiger partial charge in [0.2, 0.25) is 5.69 Å². The van der Waals surface area contributed by atoms with Gasteiger partial charge in [0.1, 0.15) is 0 Å². The molecular weight excluding hydrogens is 420 g/mol. The molecule has 1 N–H and O–H groups in total. The lowest BCUT2D eigenvalue weighted by molar-refractivity contribution is 0.0849. The van der Waals surface area contributed by atoms with E-state index in [1.807, 2.05) is 42.5 Å². The van der Waals surface area contributed by atoms with Crippen LogP contribution in [0.2, 0.25) is 0 Å². The van der Waals surface area contributed by atoms with E-state index < -0.39 is 17.2 Å². The molecule has 1 atom stereocenters. The van der Waals surface area contributed by atoms with Crippen LogP contribution in [0.3, 0.4) is 0 Å². The van der Waals surface area contributed by atoms with Gasteiger partial charge in [0.05, 0.1) is 18.3 Å². The Kier molecular flexibility index (Phi) is 6.84. The maximum atomic E-state index is 13.3. The van der Waals surface area contributed by atoms with Crippen molar-refractivity contribution in [1.29, 1.82) is 0 Å². The van der Waals surface area contributed by atoms with Crippen molar-refractivity contribution in [2.24, 2.45) is 0 Å². The van der Waals surface area contributed by atoms with Crippen molar-refractivity contribution >= 4 is 5.91 Å². The average molecular weight is 449 g/mol. The minimum atomic E-state index is -0.719. The van der Waals surface area contributed by atoms with E-state index in [1.165, 1.54) is 0 Å². The van der Waals surface area contributed by atoms with Crippen LogP contribution in [0.1, 0.15) is 54.2 Å². The van der Waals surface area contributed by atoms with E-state index in [1.54, 1.807) is 12.1 Å². The Labute approximate surface area is 191 Å². The molecule has 0 radical (unpaired) electrons. The summed E-state index contributed by atoms with van der Waals surface area (Å²) in [5.74, 6) is -0.292. The minimum Gasteiger partial charge on any atom is -0.376 e. The zero-order valence-electron chi connectivity index (χ0n) is 18.9. The molecule has 8 heteroatoms. The number of carbonyl (C=O) groups is 1. The van der Waals surface area contributed by atoms with Crippen LogP contribution in [0.4, 0.5) is 0 Å². The van der Waals surface area contributed by atoms with Crippen LogP contribution >= 0.6 is 0 Å². The monoisotopic (exact) mass is 448 g/mol. The fraction of sp³-hybridized carbons (Fsp3) is 0.360. The molecular formula is C25H28N4O4. The van der Waals surface area contributed by atoms with Gasteiger partial charge in [-0.3, -0.25) is 14.2 Å². The molecule has 172 valence electrons. The number of ether oxygens (including phenoxy) is 1. The van der Waals surface area contributed by atoms with E-state index in [9.17, 15) is 14.4 Å². The molecule has 3 aromatic rings. The van der Waals surface area contributed by atoms with Crippen LogP contribution in [0.15, 0.2) is 64.2 Å². The molecule has 2 heterocycles. The van der Waals surface area contributed by atoms with Crippen LogP contribution in [0.5, 0.6) is 0 Å². The van der Waals surface area contributed by atoms with Gasteiger partial charge < -0.3 is 10.1 Å². The van der Waals surface area contributed by atoms with E-state index >= 15 is 0 Å². The zero-order valence-corrected chi connectivity index (χ0v) is 18.9. The highest BCUT2D eigenvalue weighted by atomic mass is 16.5. The maximum Gasteiger partial charge on any atom is 0.352 e. The molecule has 1 aliphatic heterocycles. The lowest BCUT2D eigenvalue weighted by atomic mass is 10.0. The number of carbonyl (C=O) groups excluding carboxylic acids is 1. The van der Waals surface area contributed by atoms with Gasteiger partial charge in [0.15, 0.2) is 0 Å². The molecule has 2 aromatic carbocycles. The van der Waals surface area contributed by atoms with E-state index in [0.717, 1.165) is 33.2 Å². The van der Waals surface area contributed by atoms with Crippen molar-refractivity contribution in [3.63, 3.8) is 0 Å². The molecule has 0 aliphatic carbocycles. The van der Waals surface area contributed by atoms with Crippen molar-refractivity contribution < 1.29 is 9.53 Å². The van der Waals surface area contributed by atoms with Crippen LogP contribution in [-0.2, 0) is 11.3 Å². The molecule has 0 bridgehead atoms.